The average Bonchev–Trinajstić information content (AvgIpc) is 2.74. The Morgan fingerprint density at radius 1 is 1.67 bits per heavy atom. The Balaban J connectivity index is 2.06. The molecular formula is C11H15N3O. The van der Waals surface area contributed by atoms with Crippen molar-refractivity contribution in [3.8, 4) is 0 Å². The number of amides is 1. The van der Waals surface area contributed by atoms with Crippen molar-refractivity contribution in [2.24, 2.45) is 5.41 Å². The number of pyridine rings is 1. The predicted molar refractivity (Wildman–Crippen MR) is 58.3 cm³/mol. The maximum absolute atomic E-state index is 11.8. The molecule has 1 unspecified atom stereocenters. The van der Waals surface area contributed by atoms with Crippen molar-refractivity contribution in [2.75, 3.05) is 5.73 Å². The molecule has 1 atom stereocenters. The van der Waals surface area contributed by atoms with Crippen molar-refractivity contribution < 1.29 is 4.79 Å². The molecule has 15 heavy (non-hydrogen) atoms. The molecule has 80 valence electrons. The van der Waals surface area contributed by atoms with Gasteiger partial charge in [-0.15, -0.1) is 0 Å². The fraction of sp³-hybridized carbons (Fsp3) is 0.455. The molecule has 0 radical (unpaired) electrons. The molecule has 0 aromatic carbocycles. The Labute approximate surface area is 88.9 Å². The molecule has 0 spiro atoms. The number of hydrogen-bond donors (Lipinski definition) is 2. The number of anilines is 1. The van der Waals surface area contributed by atoms with Gasteiger partial charge in [0.15, 0.2) is 5.69 Å². The van der Waals surface area contributed by atoms with Crippen LogP contribution in [0, 0.1) is 5.41 Å². The molecule has 4 heteroatoms. The predicted octanol–water partition coefficient (Wildman–Crippen LogP) is 1.19. The third-order valence-corrected chi connectivity index (χ3v) is 2.87. The molecule has 0 bridgehead atoms. The second-order valence-electron chi connectivity index (χ2n) is 4.66. The molecule has 0 aliphatic heterocycles. The minimum absolute atomic E-state index is 0.177. The molecule has 1 aliphatic carbocycles. The van der Waals surface area contributed by atoms with Gasteiger partial charge in [-0.05, 0) is 24.0 Å². The normalized spacial score (nSPS) is 22.1. The van der Waals surface area contributed by atoms with Crippen LogP contribution >= 0.6 is 0 Å². The third-order valence-electron chi connectivity index (χ3n) is 2.87. The van der Waals surface area contributed by atoms with Gasteiger partial charge in [0, 0.05) is 12.2 Å². The van der Waals surface area contributed by atoms with Gasteiger partial charge in [0.25, 0.3) is 5.91 Å². The van der Waals surface area contributed by atoms with E-state index < -0.39 is 0 Å². The van der Waals surface area contributed by atoms with Gasteiger partial charge in [0.05, 0.1) is 5.69 Å². The molecule has 0 saturated heterocycles. The lowest BCUT2D eigenvalue weighted by Crippen LogP contribution is -2.29. The van der Waals surface area contributed by atoms with Crippen LogP contribution in [0.4, 0.5) is 5.69 Å². The van der Waals surface area contributed by atoms with Crippen LogP contribution in [0.5, 0.6) is 0 Å². The van der Waals surface area contributed by atoms with E-state index in [1.54, 1.807) is 18.3 Å². The highest BCUT2D eigenvalue weighted by Crippen LogP contribution is 2.44. The van der Waals surface area contributed by atoms with Crippen LogP contribution in [0.15, 0.2) is 18.3 Å². The van der Waals surface area contributed by atoms with Gasteiger partial charge in [-0.25, -0.2) is 4.98 Å². The van der Waals surface area contributed by atoms with Crippen molar-refractivity contribution in [1.82, 2.24) is 10.3 Å². The largest absolute Gasteiger partial charge is 0.397 e. The van der Waals surface area contributed by atoms with E-state index in [1.807, 2.05) is 0 Å². The van der Waals surface area contributed by atoms with Crippen LogP contribution in [-0.2, 0) is 0 Å². The van der Waals surface area contributed by atoms with Crippen LogP contribution in [0.1, 0.15) is 30.8 Å². The third kappa shape index (κ3) is 1.93. The highest BCUT2D eigenvalue weighted by molar-refractivity contribution is 5.97. The standard InChI is InChI=1S/C11H15N3O/c1-11(2)6-8(11)14-10(15)9-7(12)4-3-5-13-9/h3-5,8H,6,12H2,1-2H3,(H,14,15). The van der Waals surface area contributed by atoms with Gasteiger partial charge < -0.3 is 11.1 Å². The zero-order valence-corrected chi connectivity index (χ0v) is 8.95. The van der Waals surface area contributed by atoms with Gasteiger partial charge in [-0.3, -0.25) is 4.79 Å². The van der Waals surface area contributed by atoms with Gasteiger partial charge in [-0.2, -0.15) is 0 Å². The maximum atomic E-state index is 11.8. The lowest BCUT2D eigenvalue weighted by molar-refractivity contribution is 0.0942. The second-order valence-corrected chi connectivity index (χ2v) is 4.66. The van der Waals surface area contributed by atoms with Crippen molar-refractivity contribution >= 4 is 11.6 Å². The van der Waals surface area contributed by atoms with E-state index in [4.69, 9.17) is 5.73 Å². The number of nitrogens with one attached hydrogen (secondary N) is 1. The summed E-state index contributed by atoms with van der Waals surface area (Å²) in [5.41, 5.74) is 6.63. The fourth-order valence-corrected chi connectivity index (χ4v) is 1.55. The molecule has 1 fully saturated rings. The number of nitrogen functional groups attached to an aromatic ring is 1. The first kappa shape index (κ1) is 9.96. The first-order valence-electron chi connectivity index (χ1n) is 5.02. The highest BCUT2D eigenvalue weighted by atomic mass is 16.2. The Bertz CT molecular complexity index is 401. The first-order valence-corrected chi connectivity index (χ1v) is 5.02. The molecule has 2 rings (SSSR count). The lowest BCUT2D eigenvalue weighted by Gasteiger charge is -2.07. The Hall–Kier alpha value is -1.58. The quantitative estimate of drug-likeness (QED) is 0.762. The molecule has 1 saturated carbocycles. The number of hydrogen-bond acceptors (Lipinski definition) is 3. The molecule has 1 amide bonds. The zero-order chi connectivity index (χ0) is 11.1. The number of rotatable bonds is 2. The summed E-state index contributed by atoms with van der Waals surface area (Å²) in [6.07, 6.45) is 2.59. The van der Waals surface area contributed by atoms with Crippen LogP contribution in [0.2, 0.25) is 0 Å². The molecule has 3 N–H and O–H groups in total. The van der Waals surface area contributed by atoms with Crippen molar-refractivity contribution in [1.29, 1.82) is 0 Å². The Morgan fingerprint density at radius 3 is 2.87 bits per heavy atom. The highest BCUT2D eigenvalue weighted by Gasteiger charge is 2.46. The smallest absolute Gasteiger partial charge is 0.272 e. The van der Waals surface area contributed by atoms with Crippen molar-refractivity contribution in [2.45, 2.75) is 26.3 Å². The van der Waals surface area contributed by atoms with E-state index in [0.717, 1.165) is 6.42 Å². The summed E-state index contributed by atoms with van der Waals surface area (Å²) in [4.78, 5) is 15.7. The van der Waals surface area contributed by atoms with Gasteiger partial charge in [0.2, 0.25) is 0 Å². The number of aromatic nitrogens is 1. The first-order chi connectivity index (χ1) is 7.00. The molecule has 1 heterocycles. The summed E-state index contributed by atoms with van der Waals surface area (Å²) in [5.74, 6) is -0.177. The molecular weight excluding hydrogens is 190 g/mol. The number of nitrogens with two attached hydrogens (primary N) is 1. The number of carbonyl (C=O) groups excluding carboxylic acids is 1. The van der Waals surface area contributed by atoms with E-state index in [9.17, 15) is 4.79 Å². The van der Waals surface area contributed by atoms with Crippen molar-refractivity contribution in [3.05, 3.63) is 24.0 Å². The van der Waals surface area contributed by atoms with E-state index in [1.165, 1.54) is 0 Å². The Morgan fingerprint density at radius 2 is 2.33 bits per heavy atom. The van der Waals surface area contributed by atoms with E-state index in [2.05, 4.69) is 24.1 Å². The van der Waals surface area contributed by atoms with Gasteiger partial charge >= 0.3 is 0 Å². The molecule has 1 aromatic heterocycles. The molecule has 1 aliphatic rings. The SMILES string of the molecule is CC1(C)CC1NC(=O)c1ncccc1N. The summed E-state index contributed by atoms with van der Waals surface area (Å²) < 4.78 is 0. The minimum atomic E-state index is -0.177. The average molecular weight is 205 g/mol. The maximum Gasteiger partial charge on any atom is 0.272 e. The van der Waals surface area contributed by atoms with E-state index in [0.29, 0.717) is 11.4 Å². The number of nitrogens with zero attached hydrogens (tertiary/aromatic N) is 1. The van der Waals surface area contributed by atoms with Gasteiger partial charge in [0.1, 0.15) is 0 Å². The lowest BCUT2D eigenvalue weighted by atomic mass is 10.2. The van der Waals surface area contributed by atoms with Crippen LogP contribution in [0.3, 0.4) is 0 Å². The summed E-state index contributed by atoms with van der Waals surface area (Å²) in [7, 11) is 0. The summed E-state index contributed by atoms with van der Waals surface area (Å²) in [5, 5.41) is 2.92. The second kappa shape index (κ2) is 3.22. The number of carbonyl (C=O) groups is 1. The zero-order valence-electron chi connectivity index (χ0n) is 8.95. The topological polar surface area (TPSA) is 68.0 Å². The summed E-state index contributed by atoms with van der Waals surface area (Å²) >= 11 is 0. The summed E-state index contributed by atoms with van der Waals surface area (Å²) in [6, 6.07) is 3.65. The molecule has 4 nitrogen and oxygen atoms in total. The van der Waals surface area contributed by atoms with Crippen molar-refractivity contribution in [3.63, 3.8) is 0 Å². The van der Waals surface area contributed by atoms with Crippen LogP contribution in [0.25, 0.3) is 0 Å². The van der Waals surface area contributed by atoms with Gasteiger partial charge in [-0.1, -0.05) is 13.8 Å². The molecule has 1 aromatic rings. The fourth-order valence-electron chi connectivity index (χ4n) is 1.55. The monoisotopic (exact) mass is 205 g/mol. The van der Waals surface area contributed by atoms with E-state index >= 15 is 0 Å². The minimum Gasteiger partial charge on any atom is -0.397 e. The Kier molecular flexibility index (Phi) is 2.14. The van der Waals surface area contributed by atoms with Crippen LogP contribution < -0.4 is 11.1 Å². The summed E-state index contributed by atoms with van der Waals surface area (Å²) in [6.45, 7) is 4.25. The van der Waals surface area contributed by atoms with Crippen LogP contribution in [-0.4, -0.2) is 16.9 Å². The van der Waals surface area contributed by atoms with E-state index in [-0.39, 0.29) is 17.4 Å².